The molecule has 0 atom stereocenters. The molecule has 0 amide bonds. The molecule has 0 bridgehead atoms. The zero-order valence-electron chi connectivity index (χ0n) is 24.2. The number of aromatic amines is 2. The van der Waals surface area contributed by atoms with Crippen LogP contribution in [0.3, 0.4) is 0 Å². The van der Waals surface area contributed by atoms with E-state index >= 15 is 0 Å². The van der Waals surface area contributed by atoms with Gasteiger partial charge < -0.3 is 10.3 Å². The van der Waals surface area contributed by atoms with Gasteiger partial charge in [-0.25, -0.2) is 4.98 Å². The molecule has 4 aromatic rings. The van der Waals surface area contributed by atoms with E-state index in [0.29, 0.717) is 11.5 Å². The average molecular weight is 563 g/mol. The van der Waals surface area contributed by atoms with Crippen LogP contribution in [-0.4, -0.2) is 38.2 Å². The van der Waals surface area contributed by atoms with Crippen molar-refractivity contribution in [3.05, 3.63) is 94.0 Å². The minimum atomic E-state index is 0.665. The van der Waals surface area contributed by atoms with E-state index < -0.39 is 0 Å². The van der Waals surface area contributed by atoms with E-state index in [1.54, 1.807) is 17.5 Å². The number of rotatable bonds is 9. The lowest BCUT2D eigenvalue weighted by molar-refractivity contribution is 0.374. The Morgan fingerprint density at radius 3 is 2.66 bits per heavy atom. The van der Waals surface area contributed by atoms with E-state index in [-0.39, 0.29) is 0 Å². The number of piperidine rings is 1. The number of aromatic nitrogens is 5. The van der Waals surface area contributed by atoms with Gasteiger partial charge in [0.25, 0.3) is 0 Å². The number of H-pyrrole nitrogens is 2. The molecule has 4 aromatic heterocycles. The summed E-state index contributed by atoms with van der Waals surface area (Å²) < 4.78 is 0. The first-order valence-corrected chi connectivity index (χ1v) is 14.9. The monoisotopic (exact) mass is 562 g/mol. The number of hydrogen-bond acceptors (Lipinski definition) is 5. The van der Waals surface area contributed by atoms with Gasteiger partial charge in [0, 0.05) is 16.3 Å². The third kappa shape index (κ3) is 6.32. The van der Waals surface area contributed by atoms with Crippen LogP contribution in [0.5, 0.6) is 0 Å². The Bertz CT molecular complexity index is 1790. The summed E-state index contributed by atoms with van der Waals surface area (Å²) in [5, 5.41) is 12.8. The topological polar surface area (TPSA) is 82.3 Å². The van der Waals surface area contributed by atoms with E-state index in [4.69, 9.17) is 4.98 Å². The Morgan fingerprint density at radius 1 is 1.15 bits per heavy atom. The van der Waals surface area contributed by atoms with Crippen LogP contribution in [0.2, 0.25) is 0 Å². The maximum atomic E-state index is 4.90. The lowest BCUT2D eigenvalue weighted by Crippen LogP contribution is -2.27. The zero-order chi connectivity index (χ0) is 28.9. The van der Waals surface area contributed by atoms with Gasteiger partial charge in [-0.15, -0.1) is 11.3 Å². The van der Waals surface area contributed by atoms with Crippen molar-refractivity contribution in [1.82, 2.24) is 30.5 Å². The number of fused-ring (bicyclic) bond motifs is 1. The summed E-state index contributed by atoms with van der Waals surface area (Å²) in [7, 11) is 0. The fourth-order valence-corrected chi connectivity index (χ4v) is 6.11. The molecule has 7 heteroatoms. The van der Waals surface area contributed by atoms with Crippen LogP contribution in [-0.2, 0) is 0 Å². The number of hydrogen-bond donors (Lipinski definition) is 3. The standard InChI is InChI=1S/C34H38N6S/c1-7-24(19-25-13-16-35-17-14-25)20-26(8-2)22(5)9-10-27-23(6)31(40-39-27)34-37-28-15-18-36-33(32(28)38-34)30-12-11-29(41-30)21(3)4/h7-12,15,18,20,25,35,39H,1,3,6,13-14,16-17,19H2,2,4-5H3,(H,37,38)/b22-9+,24-20+,26-8+,27-10+. The zero-order valence-corrected chi connectivity index (χ0v) is 25.0. The molecule has 0 aliphatic carbocycles. The molecular formula is C34H38N6S. The van der Waals surface area contributed by atoms with Crippen LogP contribution >= 0.6 is 11.3 Å². The molecule has 5 heterocycles. The number of allylic oxidation sites excluding steroid dienone is 8. The molecule has 6 nitrogen and oxygen atoms in total. The summed E-state index contributed by atoms with van der Waals surface area (Å²) in [6.07, 6.45) is 15.9. The van der Waals surface area contributed by atoms with Gasteiger partial charge in [0.05, 0.1) is 15.7 Å². The first-order valence-electron chi connectivity index (χ1n) is 14.1. The van der Waals surface area contributed by atoms with Gasteiger partial charge in [0.2, 0.25) is 0 Å². The van der Waals surface area contributed by atoms with Crippen molar-refractivity contribution < 1.29 is 0 Å². The summed E-state index contributed by atoms with van der Waals surface area (Å²) in [6.45, 7) is 20.9. The maximum absolute atomic E-state index is 4.90. The van der Waals surface area contributed by atoms with Crippen molar-refractivity contribution in [3.63, 3.8) is 0 Å². The van der Waals surface area contributed by atoms with Crippen LogP contribution in [0.4, 0.5) is 0 Å². The highest BCUT2D eigenvalue weighted by Crippen LogP contribution is 2.34. The highest BCUT2D eigenvalue weighted by Gasteiger charge is 2.16. The molecular weight excluding hydrogens is 524 g/mol. The normalized spacial score (nSPS) is 16.1. The molecule has 1 saturated heterocycles. The first-order chi connectivity index (χ1) is 19.9. The van der Waals surface area contributed by atoms with Crippen molar-refractivity contribution in [2.24, 2.45) is 5.92 Å². The molecule has 1 fully saturated rings. The molecule has 1 aliphatic rings. The summed E-state index contributed by atoms with van der Waals surface area (Å²) in [5.41, 5.74) is 7.95. The summed E-state index contributed by atoms with van der Waals surface area (Å²) in [4.78, 5) is 15.2. The highest BCUT2D eigenvalue weighted by atomic mass is 32.1. The van der Waals surface area contributed by atoms with Crippen molar-refractivity contribution in [2.75, 3.05) is 13.1 Å². The van der Waals surface area contributed by atoms with E-state index in [1.165, 1.54) is 24.0 Å². The summed E-state index contributed by atoms with van der Waals surface area (Å²) in [6, 6.07) is 6.09. The second-order valence-electron chi connectivity index (χ2n) is 10.6. The molecule has 41 heavy (non-hydrogen) atoms. The van der Waals surface area contributed by atoms with E-state index in [1.807, 2.05) is 25.1 Å². The van der Waals surface area contributed by atoms with Gasteiger partial charge in [-0.05, 0) is 106 Å². The second-order valence-corrected chi connectivity index (χ2v) is 11.7. The molecule has 1 aliphatic heterocycles. The van der Waals surface area contributed by atoms with Crippen LogP contribution < -0.4 is 15.9 Å². The van der Waals surface area contributed by atoms with Crippen molar-refractivity contribution in [1.29, 1.82) is 0 Å². The Morgan fingerprint density at radius 2 is 1.95 bits per heavy atom. The van der Waals surface area contributed by atoms with Gasteiger partial charge in [-0.3, -0.25) is 10.1 Å². The minimum absolute atomic E-state index is 0.665. The van der Waals surface area contributed by atoms with E-state index in [2.05, 4.69) is 89.4 Å². The molecule has 0 unspecified atom stereocenters. The number of pyridine rings is 1. The largest absolute Gasteiger partial charge is 0.336 e. The van der Waals surface area contributed by atoms with Gasteiger partial charge in [-0.1, -0.05) is 44.0 Å². The number of nitrogens with zero attached hydrogens (tertiary/aromatic N) is 3. The Hall–Kier alpha value is -4.07. The average Bonchev–Trinajstić information content (AvgIpc) is 3.72. The van der Waals surface area contributed by atoms with Gasteiger partial charge >= 0.3 is 0 Å². The number of thiophene rings is 1. The molecule has 0 aromatic carbocycles. The predicted molar refractivity (Wildman–Crippen MR) is 175 cm³/mol. The minimum Gasteiger partial charge on any atom is -0.336 e. The third-order valence-electron chi connectivity index (χ3n) is 7.64. The molecule has 0 spiro atoms. The SMILES string of the molecule is C=C\C(=C/C(=C\C)C(/C)=C/C=c1/[nH]nc(-c2nc3c(-c4ccc(C(=C)C)s4)nccc3[nH]2)c1=C)CC1CCNCC1. The fraction of sp³-hybridized carbons (Fsp3) is 0.265. The van der Waals surface area contributed by atoms with Crippen LogP contribution in [0.15, 0.2) is 78.6 Å². The molecule has 0 radical (unpaired) electrons. The lowest BCUT2D eigenvalue weighted by atomic mass is 9.89. The predicted octanol–water partition coefficient (Wildman–Crippen LogP) is 6.70. The Balaban J connectivity index is 1.41. The van der Waals surface area contributed by atoms with Crippen LogP contribution in [0, 0.1) is 5.92 Å². The van der Waals surface area contributed by atoms with Crippen LogP contribution in [0.1, 0.15) is 44.9 Å². The van der Waals surface area contributed by atoms with Gasteiger partial charge in [0.1, 0.15) is 16.9 Å². The van der Waals surface area contributed by atoms with E-state index in [9.17, 15) is 0 Å². The van der Waals surface area contributed by atoms with Crippen molar-refractivity contribution in [3.8, 4) is 22.1 Å². The van der Waals surface area contributed by atoms with Crippen molar-refractivity contribution >= 4 is 40.6 Å². The quantitative estimate of drug-likeness (QED) is 0.198. The Kier molecular flexibility index (Phi) is 8.76. The maximum Gasteiger partial charge on any atom is 0.159 e. The molecule has 210 valence electrons. The Labute approximate surface area is 245 Å². The summed E-state index contributed by atoms with van der Waals surface area (Å²) in [5.74, 6) is 1.38. The third-order valence-corrected chi connectivity index (χ3v) is 8.89. The molecule has 0 saturated carbocycles. The van der Waals surface area contributed by atoms with Crippen molar-refractivity contribution in [2.45, 2.75) is 40.0 Å². The van der Waals surface area contributed by atoms with Crippen LogP contribution in [0.25, 0.3) is 51.4 Å². The first kappa shape index (κ1) is 28.5. The van der Waals surface area contributed by atoms with Gasteiger partial charge in [-0.2, -0.15) is 5.10 Å². The fourth-order valence-electron chi connectivity index (χ4n) is 5.18. The second kappa shape index (κ2) is 12.6. The highest BCUT2D eigenvalue weighted by molar-refractivity contribution is 7.16. The molecule has 5 rings (SSSR count). The number of imidazole rings is 1. The smallest absolute Gasteiger partial charge is 0.159 e. The number of nitrogens with one attached hydrogen (secondary N) is 3. The van der Waals surface area contributed by atoms with Gasteiger partial charge in [0.15, 0.2) is 5.82 Å². The van der Waals surface area contributed by atoms with E-state index in [0.717, 1.165) is 73.6 Å². The summed E-state index contributed by atoms with van der Waals surface area (Å²) >= 11 is 1.67. The lowest BCUT2D eigenvalue weighted by Gasteiger charge is -2.23. The molecule has 3 N–H and O–H groups in total.